The van der Waals surface area contributed by atoms with E-state index in [0.717, 1.165) is 18.7 Å². The SMILES string of the molecule is Cc1ccc([C@H](C(=O)NCCN2CCCCCC2)N(C)C)cc1. The van der Waals surface area contributed by atoms with E-state index in [1.807, 2.05) is 31.1 Å². The van der Waals surface area contributed by atoms with E-state index in [2.05, 4.69) is 29.3 Å². The van der Waals surface area contributed by atoms with Crippen LogP contribution in [0.3, 0.4) is 0 Å². The van der Waals surface area contributed by atoms with Crippen molar-refractivity contribution >= 4 is 5.91 Å². The Labute approximate surface area is 140 Å². The van der Waals surface area contributed by atoms with Gasteiger partial charge in [-0.05, 0) is 52.5 Å². The molecule has 1 aliphatic rings. The molecule has 0 saturated carbocycles. The first kappa shape index (κ1) is 18.0. The van der Waals surface area contributed by atoms with Crippen molar-refractivity contribution in [3.05, 3.63) is 35.4 Å². The van der Waals surface area contributed by atoms with Gasteiger partial charge in [-0.15, -0.1) is 0 Å². The van der Waals surface area contributed by atoms with Crippen LogP contribution in [0.4, 0.5) is 0 Å². The number of carbonyl (C=O) groups excluding carboxylic acids is 1. The van der Waals surface area contributed by atoms with Crippen LogP contribution in [0.15, 0.2) is 24.3 Å². The molecule has 1 saturated heterocycles. The number of nitrogens with one attached hydrogen (secondary N) is 1. The average molecular weight is 317 g/mol. The lowest BCUT2D eigenvalue weighted by atomic mass is 10.0. The van der Waals surface area contributed by atoms with Gasteiger partial charge in [0.1, 0.15) is 6.04 Å². The molecule has 23 heavy (non-hydrogen) atoms. The Morgan fingerprint density at radius 1 is 1.13 bits per heavy atom. The molecule has 0 aromatic heterocycles. The van der Waals surface area contributed by atoms with Gasteiger partial charge in [-0.2, -0.15) is 0 Å². The number of rotatable bonds is 6. The van der Waals surface area contributed by atoms with Gasteiger partial charge >= 0.3 is 0 Å². The molecule has 1 aliphatic heterocycles. The summed E-state index contributed by atoms with van der Waals surface area (Å²) in [5, 5.41) is 3.12. The van der Waals surface area contributed by atoms with Gasteiger partial charge in [0.25, 0.3) is 0 Å². The molecule has 128 valence electrons. The van der Waals surface area contributed by atoms with E-state index in [-0.39, 0.29) is 11.9 Å². The zero-order chi connectivity index (χ0) is 16.7. The molecule has 1 heterocycles. The first-order valence-corrected chi connectivity index (χ1v) is 8.81. The van der Waals surface area contributed by atoms with E-state index in [1.165, 1.54) is 44.3 Å². The van der Waals surface area contributed by atoms with E-state index >= 15 is 0 Å². The van der Waals surface area contributed by atoms with Crippen LogP contribution < -0.4 is 5.32 Å². The summed E-state index contributed by atoms with van der Waals surface area (Å²) in [7, 11) is 3.91. The maximum absolute atomic E-state index is 12.6. The topological polar surface area (TPSA) is 35.6 Å². The standard InChI is InChI=1S/C19H31N3O/c1-16-8-10-17(11-9-16)18(21(2)3)19(23)20-12-15-22-13-6-4-5-7-14-22/h8-11,18H,4-7,12-15H2,1-3H3,(H,20,23)/t18-/m1/s1. The van der Waals surface area contributed by atoms with Gasteiger partial charge in [0.05, 0.1) is 0 Å². The third-order valence-corrected chi connectivity index (χ3v) is 4.58. The minimum atomic E-state index is -0.222. The first-order chi connectivity index (χ1) is 11.1. The molecular formula is C19H31N3O. The quantitative estimate of drug-likeness (QED) is 0.876. The lowest BCUT2D eigenvalue weighted by Crippen LogP contribution is -2.41. The van der Waals surface area contributed by atoms with Crippen molar-refractivity contribution in [2.45, 2.75) is 38.6 Å². The summed E-state index contributed by atoms with van der Waals surface area (Å²) >= 11 is 0. The Bertz CT molecular complexity index is 476. The van der Waals surface area contributed by atoms with Crippen molar-refractivity contribution < 1.29 is 4.79 Å². The molecular weight excluding hydrogens is 286 g/mol. The van der Waals surface area contributed by atoms with Crippen LogP contribution in [0.25, 0.3) is 0 Å². The van der Waals surface area contributed by atoms with E-state index in [0.29, 0.717) is 0 Å². The van der Waals surface area contributed by atoms with Crippen molar-refractivity contribution in [1.29, 1.82) is 0 Å². The van der Waals surface area contributed by atoms with Gasteiger partial charge in [-0.3, -0.25) is 9.69 Å². The zero-order valence-corrected chi connectivity index (χ0v) is 14.8. The second-order valence-corrected chi connectivity index (χ2v) is 6.82. The van der Waals surface area contributed by atoms with Crippen molar-refractivity contribution in [2.24, 2.45) is 0 Å². The summed E-state index contributed by atoms with van der Waals surface area (Å²) in [5.41, 5.74) is 2.26. The van der Waals surface area contributed by atoms with Crippen LogP contribution in [0.1, 0.15) is 42.9 Å². The van der Waals surface area contributed by atoms with Gasteiger partial charge in [0.2, 0.25) is 5.91 Å². The molecule has 4 heteroatoms. The van der Waals surface area contributed by atoms with Gasteiger partial charge in [-0.1, -0.05) is 42.7 Å². The summed E-state index contributed by atoms with van der Waals surface area (Å²) in [4.78, 5) is 17.1. The third-order valence-electron chi connectivity index (χ3n) is 4.58. The molecule has 1 N–H and O–H groups in total. The van der Waals surface area contributed by atoms with Crippen molar-refractivity contribution in [3.63, 3.8) is 0 Å². The van der Waals surface area contributed by atoms with Crippen LogP contribution in [0.5, 0.6) is 0 Å². The van der Waals surface area contributed by atoms with E-state index < -0.39 is 0 Å². The molecule has 1 fully saturated rings. The van der Waals surface area contributed by atoms with E-state index in [9.17, 15) is 4.79 Å². The molecule has 0 radical (unpaired) electrons. The first-order valence-electron chi connectivity index (χ1n) is 8.81. The fourth-order valence-electron chi connectivity index (χ4n) is 3.23. The number of amides is 1. The van der Waals surface area contributed by atoms with Gasteiger partial charge in [0, 0.05) is 13.1 Å². The smallest absolute Gasteiger partial charge is 0.241 e. The fraction of sp³-hybridized carbons (Fsp3) is 0.632. The molecule has 1 aromatic carbocycles. The monoisotopic (exact) mass is 317 g/mol. The summed E-state index contributed by atoms with van der Waals surface area (Å²) < 4.78 is 0. The molecule has 0 aliphatic carbocycles. The lowest BCUT2D eigenvalue weighted by molar-refractivity contribution is -0.125. The number of hydrogen-bond acceptors (Lipinski definition) is 3. The predicted molar refractivity (Wildman–Crippen MR) is 95.5 cm³/mol. The lowest BCUT2D eigenvalue weighted by Gasteiger charge is -2.25. The second kappa shape index (κ2) is 9.04. The highest BCUT2D eigenvalue weighted by Crippen LogP contribution is 2.19. The van der Waals surface area contributed by atoms with Crippen LogP contribution in [0, 0.1) is 6.92 Å². The largest absolute Gasteiger partial charge is 0.353 e. The average Bonchev–Trinajstić information content (AvgIpc) is 2.78. The molecule has 4 nitrogen and oxygen atoms in total. The van der Waals surface area contributed by atoms with Crippen LogP contribution in [-0.2, 0) is 4.79 Å². The number of carbonyl (C=O) groups is 1. The number of aryl methyl sites for hydroxylation is 1. The summed E-state index contributed by atoms with van der Waals surface area (Å²) in [6.45, 7) is 6.10. The van der Waals surface area contributed by atoms with Gasteiger partial charge < -0.3 is 10.2 Å². The second-order valence-electron chi connectivity index (χ2n) is 6.82. The van der Waals surface area contributed by atoms with Crippen LogP contribution in [0.2, 0.25) is 0 Å². The molecule has 0 bridgehead atoms. The molecule has 1 aromatic rings. The van der Waals surface area contributed by atoms with Gasteiger partial charge in [-0.25, -0.2) is 0 Å². The van der Waals surface area contributed by atoms with Crippen molar-refractivity contribution in [2.75, 3.05) is 40.3 Å². The van der Waals surface area contributed by atoms with Crippen molar-refractivity contribution in [3.8, 4) is 0 Å². The minimum Gasteiger partial charge on any atom is -0.353 e. The normalized spacial score (nSPS) is 17.7. The summed E-state index contributed by atoms with van der Waals surface area (Å²) in [6, 6.07) is 8.01. The Hall–Kier alpha value is -1.39. The summed E-state index contributed by atoms with van der Waals surface area (Å²) in [5.74, 6) is 0.0914. The molecule has 2 rings (SSSR count). The maximum atomic E-state index is 12.6. The highest BCUT2D eigenvalue weighted by Gasteiger charge is 2.22. The number of likely N-dealkylation sites (tertiary alicyclic amines) is 1. The minimum absolute atomic E-state index is 0.0914. The molecule has 0 spiro atoms. The number of likely N-dealkylation sites (N-methyl/N-ethyl adjacent to an activating group) is 1. The molecule has 0 unspecified atom stereocenters. The molecule has 1 amide bonds. The maximum Gasteiger partial charge on any atom is 0.241 e. The van der Waals surface area contributed by atoms with Crippen molar-refractivity contribution in [1.82, 2.24) is 15.1 Å². The third kappa shape index (κ3) is 5.63. The summed E-state index contributed by atoms with van der Waals surface area (Å²) in [6.07, 6.45) is 5.27. The highest BCUT2D eigenvalue weighted by atomic mass is 16.2. The molecule has 1 atom stereocenters. The number of nitrogens with zero attached hydrogens (tertiary/aromatic N) is 2. The Balaban J connectivity index is 1.87. The Kier molecular flexibility index (Phi) is 7.06. The van der Waals surface area contributed by atoms with Crippen LogP contribution >= 0.6 is 0 Å². The van der Waals surface area contributed by atoms with E-state index in [1.54, 1.807) is 0 Å². The zero-order valence-electron chi connectivity index (χ0n) is 14.8. The van der Waals surface area contributed by atoms with E-state index in [4.69, 9.17) is 0 Å². The highest BCUT2D eigenvalue weighted by molar-refractivity contribution is 5.83. The number of hydrogen-bond donors (Lipinski definition) is 1. The fourth-order valence-corrected chi connectivity index (χ4v) is 3.23. The Morgan fingerprint density at radius 3 is 2.30 bits per heavy atom. The Morgan fingerprint density at radius 2 is 1.74 bits per heavy atom. The number of benzene rings is 1. The van der Waals surface area contributed by atoms with Crippen LogP contribution in [-0.4, -0.2) is 56.0 Å². The predicted octanol–water partition coefficient (Wildman–Crippen LogP) is 2.59. The van der Waals surface area contributed by atoms with Gasteiger partial charge in [0.15, 0.2) is 0 Å².